The Morgan fingerprint density at radius 2 is 1.69 bits per heavy atom. The minimum absolute atomic E-state index is 0.0904. The van der Waals surface area contributed by atoms with Crippen LogP contribution in [0.25, 0.3) is 21.8 Å². The number of carbonyl (C=O) groups is 1. The highest BCUT2D eigenvalue weighted by Crippen LogP contribution is 2.27. The van der Waals surface area contributed by atoms with Gasteiger partial charge >= 0.3 is 0 Å². The first-order valence-electron chi connectivity index (χ1n) is 11.0. The van der Waals surface area contributed by atoms with Crippen LogP contribution in [0.2, 0.25) is 0 Å². The van der Waals surface area contributed by atoms with Crippen LogP contribution >= 0.6 is 0 Å². The van der Waals surface area contributed by atoms with Crippen LogP contribution in [0.3, 0.4) is 0 Å². The van der Waals surface area contributed by atoms with Crippen LogP contribution in [0.15, 0.2) is 59.5 Å². The minimum atomic E-state index is -0.304. The van der Waals surface area contributed by atoms with Crippen LogP contribution in [0.1, 0.15) is 32.3 Å². The molecule has 0 aliphatic heterocycles. The summed E-state index contributed by atoms with van der Waals surface area (Å²) < 4.78 is 16.6. The smallest absolute Gasteiger partial charge is 0.291 e. The van der Waals surface area contributed by atoms with Gasteiger partial charge in [-0.2, -0.15) is 5.10 Å². The molecule has 0 aliphatic carbocycles. The summed E-state index contributed by atoms with van der Waals surface area (Å²) in [6.07, 6.45) is 3.38. The SMILES string of the molecule is CCCN(CCC)C(=O)Cn1ncc2c3ccccc3n(Cc3ccc(F)cc3)c2c1=O. The van der Waals surface area contributed by atoms with Gasteiger partial charge in [0.15, 0.2) is 0 Å². The topological polar surface area (TPSA) is 60.1 Å². The van der Waals surface area contributed by atoms with Gasteiger partial charge in [0.2, 0.25) is 5.91 Å². The molecular formula is C25H27FN4O2. The number of nitrogens with zero attached hydrogens (tertiary/aromatic N) is 4. The predicted octanol–water partition coefficient (Wildman–Crippen LogP) is 4.19. The number of hydrogen-bond donors (Lipinski definition) is 0. The van der Waals surface area contributed by atoms with Crippen LogP contribution in [0, 0.1) is 5.82 Å². The van der Waals surface area contributed by atoms with Gasteiger partial charge in [-0.3, -0.25) is 9.59 Å². The number of halogens is 1. The lowest BCUT2D eigenvalue weighted by Gasteiger charge is -2.21. The molecule has 0 radical (unpaired) electrons. The van der Waals surface area contributed by atoms with E-state index in [1.54, 1.807) is 23.2 Å². The van der Waals surface area contributed by atoms with Gasteiger partial charge in [-0.05, 0) is 36.6 Å². The average Bonchev–Trinajstić information content (AvgIpc) is 3.11. The van der Waals surface area contributed by atoms with Crippen LogP contribution in [0.5, 0.6) is 0 Å². The Balaban J connectivity index is 1.80. The Labute approximate surface area is 185 Å². The summed E-state index contributed by atoms with van der Waals surface area (Å²) in [5, 5.41) is 5.99. The van der Waals surface area contributed by atoms with Crippen molar-refractivity contribution in [2.24, 2.45) is 0 Å². The maximum atomic E-state index is 13.5. The van der Waals surface area contributed by atoms with Gasteiger partial charge in [-0.15, -0.1) is 0 Å². The molecule has 6 nitrogen and oxygen atoms in total. The van der Waals surface area contributed by atoms with E-state index in [-0.39, 0.29) is 23.8 Å². The first-order valence-corrected chi connectivity index (χ1v) is 11.0. The molecule has 32 heavy (non-hydrogen) atoms. The number of rotatable bonds is 8. The fraction of sp³-hybridized carbons (Fsp3) is 0.320. The second-order valence-corrected chi connectivity index (χ2v) is 7.98. The molecule has 0 bridgehead atoms. The molecule has 0 spiro atoms. The van der Waals surface area contributed by atoms with E-state index in [0.29, 0.717) is 25.2 Å². The Hall–Kier alpha value is -3.48. The molecule has 0 aliphatic rings. The minimum Gasteiger partial charge on any atom is -0.341 e. The lowest BCUT2D eigenvalue weighted by Crippen LogP contribution is -2.38. The molecule has 0 saturated carbocycles. The predicted molar refractivity (Wildman–Crippen MR) is 124 cm³/mol. The van der Waals surface area contributed by atoms with Gasteiger partial charge in [0.05, 0.1) is 6.20 Å². The zero-order chi connectivity index (χ0) is 22.7. The second kappa shape index (κ2) is 9.34. The quantitative estimate of drug-likeness (QED) is 0.418. The highest BCUT2D eigenvalue weighted by molar-refractivity contribution is 6.07. The zero-order valence-corrected chi connectivity index (χ0v) is 18.4. The van der Waals surface area contributed by atoms with Crippen molar-refractivity contribution in [3.8, 4) is 0 Å². The molecule has 2 aromatic heterocycles. The van der Waals surface area contributed by atoms with Crippen molar-refractivity contribution in [2.45, 2.75) is 39.8 Å². The largest absolute Gasteiger partial charge is 0.341 e. The normalized spacial score (nSPS) is 11.3. The Kier molecular flexibility index (Phi) is 6.35. The Bertz CT molecular complexity index is 1300. The maximum Gasteiger partial charge on any atom is 0.291 e. The third-order valence-electron chi connectivity index (χ3n) is 5.65. The van der Waals surface area contributed by atoms with Gasteiger partial charge < -0.3 is 9.47 Å². The highest BCUT2D eigenvalue weighted by Gasteiger charge is 2.19. The molecule has 7 heteroatoms. The number of aromatic nitrogens is 3. The summed E-state index contributed by atoms with van der Waals surface area (Å²) in [7, 11) is 0. The highest BCUT2D eigenvalue weighted by atomic mass is 19.1. The van der Waals surface area contributed by atoms with E-state index in [1.165, 1.54) is 16.8 Å². The summed E-state index contributed by atoms with van der Waals surface area (Å²) >= 11 is 0. The number of fused-ring (bicyclic) bond motifs is 3. The summed E-state index contributed by atoms with van der Waals surface area (Å²) in [6.45, 7) is 5.70. The van der Waals surface area contributed by atoms with Gasteiger partial charge in [0, 0.05) is 35.9 Å². The van der Waals surface area contributed by atoms with Crippen molar-refractivity contribution < 1.29 is 9.18 Å². The fourth-order valence-corrected chi connectivity index (χ4v) is 4.17. The fourth-order valence-electron chi connectivity index (χ4n) is 4.17. The van der Waals surface area contributed by atoms with Crippen molar-refractivity contribution >= 4 is 27.7 Å². The number of benzene rings is 2. The summed E-state index contributed by atoms with van der Waals surface area (Å²) in [5.41, 5.74) is 1.97. The van der Waals surface area contributed by atoms with Crippen molar-refractivity contribution in [3.05, 3.63) is 76.5 Å². The van der Waals surface area contributed by atoms with E-state index in [0.717, 1.165) is 34.7 Å². The maximum absolute atomic E-state index is 13.5. The zero-order valence-electron chi connectivity index (χ0n) is 18.4. The molecule has 1 amide bonds. The summed E-state index contributed by atoms with van der Waals surface area (Å²) in [4.78, 5) is 28.1. The molecule has 0 N–H and O–H groups in total. The van der Waals surface area contributed by atoms with Crippen LogP contribution in [-0.4, -0.2) is 38.2 Å². The first kappa shape index (κ1) is 21.7. The number of hydrogen-bond acceptors (Lipinski definition) is 3. The van der Waals surface area contributed by atoms with E-state index >= 15 is 0 Å². The van der Waals surface area contributed by atoms with Crippen molar-refractivity contribution in [1.82, 2.24) is 19.2 Å². The molecule has 0 atom stereocenters. The second-order valence-electron chi connectivity index (χ2n) is 7.98. The molecule has 0 fully saturated rings. The van der Waals surface area contributed by atoms with Crippen LogP contribution in [-0.2, 0) is 17.9 Å². The van der Waals surface area contributed by atoms with Crippen LogP contribution in [0.4, 0.5) is 4.39 Å². The lowest BCUT2D eigenvalue weighted by atomic mass is 10.2. The third kappa shape index (κ3) is 4.15. The molecule has 4 aromatic rings. The molecule has 0 unspecified atom stereocenters. The van der Waals surface area contributed by atoms with Crippen LogP contribution < -0.4 is 5.56 Å². The standard InChI is InChI=1S/C25H27FN4O2/c1-3-13-28(14-4-2)23(31)17-30-25(32)24-21(15-27-30)20-7-5-6-8-22(20)29(24)16-18-9-11-19(26)12-10-18/h5-12,15H,3-4,13-14,16-17H2,1-2H3. The van der Waals surface area contributed by atoms with E-state index in [1.807, 2.05) is 42.7 Å². The number of carbonyl (C=O) groups excluding carboxylic acids is 1. The van der Waals surface area contributed by atoms with E-state index in [2.05, 4.69) is 5.10 Å². The van der Waals surface area contributed by atoms with Crippen molar-refractivity contribution in [1.29, 1.82) is 0 Å². The molecule has 2 heterocycles. The van der Waals surface area contributed by atoms with Gasteiger partial charge in [0.1, 0.15) is 17.9 Å². The van der Waals surface area contributed by atoms with Crippen molar-refractivity contribution in [3.63, 3.8) is 0 Å². The summed E-state index contributed by atoms with van der Waals surface area (Å²) in [6, 6.07) is 14.0. The van der Waals surface area contributed by atoms with Gasteiger partial charge in [-0.25, -0.2) is 9.07 Å². The van der Waals surface area contributed by atoms with Gasteiger partial charge in [0.25, 0.3) is 5.56 Å². The molecule has 166 valence electrons. The number of amides is 1. The Morgan fingerprint density at radius 3 is 2.38 bits per heavy atom. The first-order chi connectivity index (χ1) is 15.5. The van der Waals surface area contributed by atoms with E-state index < -0.39 is 0 Å². The molecule has 4 rings (SSSR count). The lowest BCUT2D eigenvalue weighted by molar-refractivity contribution is -0.132. The van der Waals surface area contributed by atoms with Crippen molar-refractivity contribution in [2.75, 3.05) is 13.1 Å². The molecule has 0 saturated heterocycles. The van der Waals surface area contributed by atoms with E-state index in [4.69, 9.17) is 0 Å². The monoisotopic (exact) mass is 434 g/mol. The summed E-state index contributed by atoms with van der Waals surface area (Å²) in [5.74, 6) is -0.409. The molecular weight excluding hydrogens is 407 g/mol. The average molecular weight is 435 g/mol. The Morgan fingerprint density at radius 1 is 1.00 bits per heavy atom. The molecule has 2 aromatic carbocycles. The van der Waals surface area contributed by atoms with Gasteiger partial charge in [-0.1, -0.05) is 44.2 Å². The number of para-hydroxylation sites is 1. The van der Waals surface area contributed by atoms with E-state index in [9.17, 15) is 14.0 Å². The third-order valence-corrected chi connectivity index (χ3v) is 5.65.